The van der Waals surface area contributed by atoms with Crippen LogP contribution >= 0.6 is 12.2 Å². The maximum Gasteiger partial charge on any atom is 0.253 e. The molecule has 162 valence electrons. The maximum absolute atomic E-state index is 12.8. The minimum Gasteiger partial charge on any atom is -0.486 e. The van der Waals surface area contributed by atoms with E-state index in [4.69, 9.17) is 21.7 Å². The first-order valence-electron chi connectivity index (χ1n) is 10.5. The Balaban J connectivity index is 1.62. The number of hydrogen-bond donors (Lipinski definition) is 2. The molecule has 8 heteroatoms. The second-order valence-electron chi connectivity index (χ2n) is 7.51. The molecule has 1 aliphatic heterocycles. The van der Waals surface area contributed by atoms with E-state index >= 15 is 0 Å². The first-order chi connectivity index (χ1) is 15.1. The molecule has 1 aromatic carbocycles. The van der Waals surface area contributed by atoms with Crippen molar-refractivity contribution >= 4 is 28.2 Å². The van der Waals surface area contributed by atoms with Crippen molar-refractivity contribution in [2.45, 2.75) is 32.9 Å². The Bertz CT molecular complexity index is 1120. The number of thiocarbonyl (C=S) groups is 1. The van der Waals surface area contributed by atoms with Gasteiger partial charge in [-0.3, -0.25) is 9.78 Å². The highest BCUT2D eigenvalue weighted by molar-refractivity contribution is 7.80. The first-order valence-corrected chi connectivity index (χ1v) is 10.9. The average Bonchev–Trinajstić information content (AvgIpc) is 2.78. The fourth-order valence-corrected chi connectivity index (χ4v) is 3.74. The van der Waals surface area contributed by atoms with Gasteiger partial charge >= 0.3 is 0 Å². The van der Waals surface area contributed by atoms with Gasteiger partial charge in [-0.2, -0.15) is 0 Å². The van der Waals surface area contributed by atoms with Gasteiger partial charge in [0.25, 0.3) is 5.56 Å². The second kappa shape index (κ2) is 9.78. The van der Waals surface area contributed by atoms with Crippen LogP contribution in [0, 0.1) is 0 Å². The summed E-state index contributed by atoms with van der Waals surface area (Å²) >= 11 is 5.65. The molecule has 0 spiro atoms. The number of aromatic amines is 1. The van der Waals surface area contributed by atoms with Crippen LogP contribution in [0.25, 0.3) is 10.9 Å². The zero-order valence-electron chi connectivity index (χ0n) is 17.5. The summed E-state index contributed by atoms with van der Waals surface area (Å²) in [5, 5.41) is 4.83. The molecule has 7 nitrogen and oxygen atoms in total. The molecule has 0 radical (unpaired) electrons. The number of pyridine rings is 2. The fourth-order valence-electron chi connectivity index (χ4n) is 3.51. The van der Waals surface area contributed by atoms with E-state index < -0.39 is 0 Å². The smallest absolute Gasteiger partial charge is 0.253 e. The summed E-state index contributed by atoms with van der Waals surface area (Å²) in [5.74, 6) is 1.35. The van der Waals surface area contributed by atoms with Crippen LogP contribution in [0.2, 0.25) is 0 Å². The van der Waals surface area contributed by atoms with Gasteiger partial charge in [-0.25, -0.2) is 0 Å². The lowest BCUT2D eigenvalue weighted by Crippen LogP contribution is -2.40. The van der Waals surface area contributed by atoms with E-state index in [1.165, 1.54) is 0 Å². The Morgan fingerprint density at radius 3 is 2.77 bits per heavy atom. The highest BCUT2D eigenvalue weighted by Crippen LogP contribution is 2.33. The van der Waals surface area contributed by atoms with Crippen LogP contribution in [0.5, 0.6) is 11.5 Å². The van der Waals surface area contributed by atoms with Crippen molar-refractivity contribution in [2.24, 2.45) is 0 Å². The SMILES string of the molecule is CCCCNC(=S)N(Cc1cccnc1)Cc1cc2cc3c(cc2[nH]c1=O)OCCO3. The number of nitrogens with one attached hydrogen (secondary N) is 2. The standard InChI is InChI=1S/C23H26N4O3S/c1-2-3-7-25-23(31)27(14-16-5-4-6-24-13-16)15-18-10-17-11-20-21(30-9-8-29-20)12-19(17)26-22(18)28/h4-6,10-13H,2-3,7-9,14-15H2,1H3,(H,25,31)(H,26,28). The van der Waals surface area contributed by atoms with E-state index in [2.05, 4.69) is 22.2 Å². The van der Waals surface area contributed by atoms with E-state index in [1.54, 1.807) is 6.20 Å². The Labute approximate surface area is 186 Å². The van der Waals surface area contributed by atoms with Crippen molar-refractivity contribution in [3.8, 4) is 11.5 Å². The summed E-state index contributed by atoms with van der Waals surface area (Å²) < 4.78 is 11.3. The zero-order valence-corrected chi connectivity index (χ0v) is 18.3. The Morgan fingerprint density at radius 1 is 1.23 bits per heavy atom. The van der Waals surface area contributed by atoms with E-state index in [0.717, 1.165) is 35.9 Å². The molecule has 31 heavy (non-hydrogen) atoms. The summed E-state index contributed by atoms with van der Waals surface area (Å²) in [7, 11) is 0. The molecule has 4 rings (SSSR count). The minimum atomic E-state index is -0.142. The summed E-state index contributed by atoms with van der Waals surface area (Å²) in [6.45, 7) is 4.91. The number of hydrogen-bond acceptors (Lipinski definition) is 5. The quantitative estimate of drug-likeness (QED) is 0.432. The van der Waals surface area contributed by atoms with Crippen LogP contribution in [0.15, 0.2) is 47.5 Å². The first kappa shape index (κ1) is 21.1. The third-order valence-corrected chi connectivity index (χ3v) is 5.54. The van der Waals surface area contributed by atoms with Crippen LogP contribution in [0.1, 0.15) is 30.9 Å². The largest absolute Gasteiger partial charge is 0.486 e. The third-order valence-electron chi connectivity index (χ3n) is 5.14. The van der Waals surface area contributed by atoms with Gasteiger partial charge in [-0.15, -0.1) is 0 Å². The molecule has 0 fully saturated rings. The van der Waals surface area contributed by atoms with Gasteiger partial charge in [0.2, 0.25) is 0 Å². The molecular weight excluding hydrogens is 412 g/mol. The number of unbranched alkanes of at least 4 members (excludes halogenated alkanes) is 1. The number of H-pyrrole nitrogens is 1. The van der Waals surface area contributed by atoms with E-state index in [1.807, 2.05) is 41.4 Å². The van der Waals surface area contributed by atoms with Crippen molar-refractivity contribution < 1.29 is 9.47 Å². The number of fused-ring (bicyclic) bond motifs is 2. The summed E-state index contributed by atoms with van der Waals surface area (Å²) in [5.41, 5.74) is 2.24. The summed E-state index contributed by atoms with van der Waals surface area (Å²) in [6, 6.07) is 9.53. The molecule has 0 saturated carbocycles. The van der Waals surface area contributed by atoms with Gasteiger partial charge in [0.1, 0.15) is 13.2 Å². The van der Waals surface area contributed by atoms with Crippen molar-refractivity contribution in [2.75, 3.05) is 19.8 Å². The molecule has 3 aromatic rings. The number of nitrogens with zero attached hydrogens (tertiary/aromatic N) is 2. The predicted molar refractivity (Wildman–Crippen MR) is 125 cm³/mol. The third kappa shape index (κ3) is 5.14. The number of benzene rings is 1. The lowest BCUT2D eigenvalue weighted by atomic mass is 10.1. The summed E-state index contributed by atoms with van der Waals surface area (Å²) in [6.07, 6.45) is 5.67. The maximum atomic E-state index is 12.8. The molecule has 0 unspecified atom stereocenters. The fraction of sp³-hybridized carbons (Fsp3) is 0.348. The highest BCUT2D eigenvalue weighted by Gasteiger charge is 2.17. The van der Waals surface area contributed by atoms with E-state index in [0.29, 0.717) is 48.5 Å². The van der Waals surface area contributed by atoms with Crippen LogP contribution < -0.4 is 20.3 Å². The minimum absolute atomic E-state index is 0.142. The van der Waals surface area contributed by atoms with Gasteiger partial charge in [0.15, 0.2) is 16.6 Å². The zero-order chi connectivity index (χ0) is 21.6. The lowest BCUT2D eigenvalue weighted by Gasteiger charge is -2.26. The molecule has 3 heterocycles. The van der Waals surface area contributed by atoms with E-state index in [9.17, 15) is 4.79 Å². The van der Waals surface area contributed by atoms with Crippen molar-refractivity contribution in [1.29, 1.82) is 0 Å². The van der Waals surface area contributed by atoms with Gasteiger partial charge in [-0.05, 0) is 42.4 Å². The monoisotopic (exact) mass is 438 g/mol. The van der Waals surface area contributed by atoms with Crippen LogP contribution in [0.4, 0.5) is 0 Å². The van der Waals surface area contributed by atoms with Crippen molar-refractivity contribution in [3.63, 3.8) is 0 Å². The molecule has 1 aliphatic rings. The second-order valence-corrected chi connectivity index (χ2v) is 7.90. The molecule has 0 aliphatic carbocycles. The normalized spacial score (nSPS) is 12.5. The Hall–Kier alpha value is -3.13. The Morgan fingerprint density at radius 2 is 2.03 bits per heavy atom. The topological polar surface area (TPSA) is 79.5 Å². The molecule has 0 bridgehead atoms. The van der Waals surface area contributed by atoms with Gasteiger partial charge < -0.3 is 24.7 Å². The molecule has 2 aromatic heterocycles. The van der Waals surface area contributed by atoms with Gasteiger partial charge in [0.05, 0.1) is 12.1 Å². The number of aromatic nitrogens is 2. The van der Waals surface area contributed by atoms with Crippen molar-refractivity contribution in [3.05, 3.63) is 64.2 Å². The number of rotatable bonds is 7. The lowest BCUT2D eigenvalue weighted by molar-refractivity contribution is 0.172. The Kier molecular flexibility index (Phi) is 6.66. The average molecular weight is 439 g/mol. The molecule has 0 atom stereocenters. The van der Waals surface area contributed by atoms with Crippen LogP contribution in [0.3, 0.4) is 0 Å². The molecular formula is C23H26N4O3S. The predicted octanol–water partition coefficient (Wildman–Crippen LogP) is 3.37. The highest BCUT2D eigenvalue weighted by atomic mass is 32.1. The molecule has 0 amide bonds. The molecule has 2 N–H and O–H groups in total. The van der Waals surface area contributed by atoms with Crippen molar-refractivity contribution in [1.82, 2.24) is 20.2 Å². The van der Waals surface area contributed by atoms with Crippen LogP contribution in [-0.4, -0.2) is 39.7 Å². The number of ether oxygens (including phenoxy) is 2. The molecule has 0 saturated heterocycles. The van der Waals surface area contributed by atoms with E-state index in [-0.39, 0.29) is 5.56 Å². The van der Waals surface area contributed by atoms with Gasteiger partial charge in [0, 0.05) is 42.5 Å². The van der Waals surface area contributed by atoms with Gasteiger partial charge in [-0.1, -0.05) is 19.4 Å². The van der Waals surface area contributed by atoms with Crippen LogP contribution in [-0.2, 0) is 13.1 Å². The summed E-state index contributed by atoms with van der Waals surface area (Å²) in [4.78, 5) is 22.0.